The van der Waals surface area contributed by atoms with Crippen molar-refractivity contribution in [3.63, 3.8) is 0 Å². The molecule has 174 valence electrons. The fraction of sp³-hybridized carbons (Fsp3) is 0.222. The first kappa shape index (κ1) is 23.0. The van der Waals surface area contributed by atoms with E-state index in [2.05, 4.69) is 16.0 Å². The summed E-state index contributed by atoms with van der Waals surface area (Å²) < 4.78 is 0. The van der Waals surface area contributed by atoms with Crippen LogP contribution in [0.1, 0.15) is 39.1 Å². The normalized spacial score (nSPS) is 12.8. The van der Waals surface area contributed by atoms with Gasteiger partial charge in [0.1, 0.15) is 0 Å². The highest BCUT2D eigenvalue weighted by Gasteiger charge is 2.19. The molecule has 3 amide bonds. The van der Waals surface area contributed by atoms with Crippen molar-refractivity contribution in [1.82, 2.24) is 10.2 Å². The number of rotatable bonds is 8. The molecule has 1 heterocycles. The topological polar surface area (TPSA) is 90.5 Å². The average Bonchev–Trinajstić information content (AvgIpc) is 3.42. The number of anilines is 2. The van der Waals surface area contributed by atoms with E-state index in [0.29, 0.717) is 23.4 Å². The Kier molecular flexibility index (Phi) is 7.55. The van der Waals surface area contributed by atoms with Crippen LogP contribution in [0.3, 0.4) is 0 Å². The molecule has 0 saturated carbocycles. The third-order valence-electron chi connectivity index (χ3n) is 5.68. The van der Waals surface area contributed by atoms with Gasteiger partial charge >= 0.3 is 0 Å². The molecule has 7 nitrogen and oxygen atoms in total. The summed E-state index contributed by atoms with van der Waals surface area (Å²) in [4.78, 5) is 39.1. The summed E-state index contributed by atoms with van der Waals surface area (Å²) in [6.07, 6.45) is 2.07. The second-order valence-corrected chi connectivity index (χ2v) is 8.23. The molecule has 4 rings (SSSR count). The molecule has 1 saturated heterocycles. The van der Waals surface area contributed by atoms with E-state index in [9.17, 15) is 14.4 Å². The maximum absolute atomic E-state index is 12.6. The van der Waals surface area contributed by atoms with Gasteiger partial charge in [-0.2, -0.15) is 0 Å². The Morgan fingerprint density at radius 1 is 0.765 bits per heavy atom. The number of amides is 3. The van der Waals surface area contributed by atoms with Crippen LogP contribution in [-0.2, 0) is 11.3 Å². The summed E-state index contributed by atoms with van der Waals surface area (Å²) in [5.74, 6) is -0.383. The predicted molar refractivity (Wildman–Crippen MR) is 133 cm³/mol. The summed E-state index contributed by atoms with van der Waals surface area (Å²) in [6.45, 7) is 2.09. The number of likely N-dealkylation sites (tertiary alicyclic amines) is 1. The van der Waals surface area contributed by atoms with Gasteiger partial charge in [-0.3, -0.25) is 14.4 Å². The van der Waals surface area contributed by atoms with E-state index < -0.39 is 0 Å². The minimum absolute atomic E-state index is 0.000353. The van der Waals surface area contributed by atoms with E-state index in [1.807, 2.05) is 35.2 Å². The molecule has 3 N–H and O–H groups in total. The van der Waals surface area contributed by atoms with E-state index in [4.69, 9.17) is 0 Å². The third kappa shape index (κ3) is 6.22. The fourth-order valence-electron chi connectivity index (χ4n) is 3.84. The molecule has 0 radical (unpaired) electrons. The first-order valence-corrected chi connectivity index (χ1v) is 11.4. The molecule has 1 aliphatic heterocycles. The van der Waals surface area contributed by atoms with Gasteiger partial charge in [0.05, 0.1) is 6.54 Å². The van der Waals surface area contributed by atoms with Crippen LogP contribution in [0, 0.1) is 0 Å². The molecule has 0 atom stereocenters. The number of carbonyl (C=O) groups is 3. The first-order valence-electron chi connectivity index (χ1n) is 11.4. The second-order valence-electron chi connectivity index (χ2n) is 8.23. The van der Waals surface area contributed by atoms with Crippen LogP contribution in [0.25, 0.3) is 0 Å². The monoisotopic (exact) mass is 456 g/mol. The highest BCUT2D eigenvalue weighted by molar-refractivity contribution is 5.98. The third-order valence-corrected chi connectivity index (χ3v) is 5.68. The van der Waals surface area contributed by atoms with E-state index in [-0.39, 0.29) is 24.3 Å². The number of carbonyl (C=O) groups excluding carboxylic acids is 3. The molecule has 34 heavy (non-hydrogen) atoms. The zero-order chi connectivity index (χ0) is 23.8. The summed E-state index contributed by atoms with van der Waals surface area (Å²) >= 11 is 0. The summed E-state index contributed by atoms with van der Waals surface area (Å²) in [5, 5.41) is 8.77. The van der Waals surface area contributed by atoms with Crippen molar-refractivity contribution in [2.75, 3.05) is 30.3 Å². The zero-order valence-corrected chi connectivity index (χ0v) is 18.9. The van der Waals surface area contributed by atoms with Gasteiger partial charge in [0.25, 0.3) is 11.8 Å². The van der Waals surface area contributed by atoms with Gasteiger partial charge in [0.15, 0.2) is 0 Å². The molecular formula is C27H28N4O3. The highest BCUT2D eigenvalue weighted by atomic mass is 16.2. The van der Waals surface area contributed by atoms with Gasteiger partial charge in [-0.05, 0) is 60.9 Å². The van der Waals surface area contributed by atoms with Crippen molar-refractivity contribution in [2.45, 2.75) is 19.4 Å². The quantitative estimate of drug-likeness (QED) is 0.480. The Morgan fingerprint density at radius 3 is 2.24 bits per heavy atom. The molecule has 0 spiro atoms. The molecule has 7 heteroatoms. The molecule has 0 aliphatic carbocycles. The van der Waals surface area contributed by atoms with Gasteiger partial charge < -0.3 is 20.9 Å². The highest BCUT2D eigenvalue weighted by Crippen LogP contribution is 2.16. The van der Waals surface area contributed by atoms with E-state index in [1.54, 1.807) is 48.5 Å². The van der Waals surface area contributed by atoms with Crippen molar-refractivity contribution in [3.8, 4) is 0 Å². The van der Waals surface area contributed by atoms with Crippen LogP contribution in [-0.4, -0.2) is 42.3 Å². The minimum atomic E-state index is -0.226. The molecule has 1 aliphatic rings. The number of benzene rings is 3. The summed E-state index contributed by atoms with van der Waals surface area (Å²) in [6, 6.07) is 23.7. The standard InChI is InChI=1S/C27H28N4O3/c32-25(30-24-10-6-9-22(17-24)27(34)31-15-4-5-16-31)19-28-23-13-11-21(12-14-23)26(33)29-18-20-7-2-1-3-8-20/h1-3,6-14,17,28H,4-5,15-16,18-19H2,(H,29,33)(H,30,32). The maximum atomic E-state index is 12.6. The maximum Gasteiger partial charge on any atom is 0.253 e. The smallest absolute Gasteiger partial charge is 0.253 e. The second kappa shape index (κ2) is 11.1. The van der Waals surface area contributed by atoms with Gasteiger partial charge in [-0.1, -0.05) is 36.4 Å². The molecular weight excluding hydrogens is 428 g/mol. The van der Waals surface area contributed by atoms with Crippen molar-refractivity contribution in [2.24, 2.45) is 0 Å². The lowest BCUT2D eigenvalue weighted by molar-refractivity contribution is -0.114. The zero-order valence-electron chi connectivity index (χ0n) is 18.9. The molecule has 1 fully saturated rings. The first-order chi connectivity index (χ1) is 16.6. The average molecular weight is 457 g/mol. The summed E-state index contributed by atoms with van der Waals surface area (Å²) in [5.41, 5.74) is 3.47. The van der Waals surface area contributed by atoms with Crippen molar-refractivity contribution < 1.29 is 14.4 Å². The summed E-state index contributed by atoms with van der Waals surface area (Å²) in [7, 11) is 0. The number of hydrogen-bond acceptors (Lipinski definition) is 4. The van der Waals surface area contributed by atoms with Gasteiger partial charge in [0, 0.05) is 42.1 Å². The SMILES string of the molecule is O=C(CNc1ccc(C(=O)NCc2ccccc2)cc1)Nc1cccc(C(=O)N2CCCC2)c1. The van der Waals surface area contributed by atoms with Crippen LogP contribution in [0.2, 0.25) is 0 Å². The largest absolute Gasteiger partial charge is 0.376 e. The van der Waals surface area contributed by atoms with Gasteiger partial charge in [0.2, 0.25) is 5.91 Å². The Bertz CT molecular complexity index is 1140. The minimum Gasteiger partial charge on any atom is -0.376 e. The van der Waals surface area contributed by atoms with Crippen LogP contribution in [0.4, 0.5) is 11.4 Å². The lowest BCUT2D eigenvalue weighted by Crippen LogP contribution is -2.27. The fourth-order valence-corrected chi connectivity index (χ4v) is 3.84. The lowest BCUT2D eigenvalue weighted by atomic mass is 10.1. The molecule has 0 aromatic heterocycles. The molecule has 0 bridgehead atoms. The molecule has 3 aromatic rings. The van der Waals surface area contributed by atoms with Crippen molar-refractivity contribution in [3.05, 3.63) is 95.6 Å². The van der Waals surface area contributed by atoms with Crippen LogP contribution in [0.5, 0.6) is 0 Å². The van der Waals surface area contributed by atoms with Gasteiger partial charge in [-0.15, -0.1) is 0 Å². The predicted octanol–water partition coefficient (Wildman–Crippen LogP) is 3.90. The number of nitrogens with one attached hydrogen (secondary N) is 3. The lowest BCUT2D eigenvalue weighted by Gasteiger charge is -2.16. The number of hydrogen-bond donors (Lipinski definition) is 3. The van der Waals surface area contributed by atoms with E-state index in [0.717, 1.165) is 37.2 Å². The van der Waals surface area contributed by atoms with Crippen LogP contribution < -0.4 is 16.0 Å². The number of nitrogens with zero attached hydrogens (tertiary/aromatic N) is 1. The van der Waals surface area contributed by atoms with Crippen molar-refractivity contribution in [1.29, 1.82) is 0 Å². The van der Waals surface area contributed by atoms with Crippen LogP contribution in [0.15, 0.2) is 78.9 Å². The van der Waals surface area contributed by atoms with Crippen molar-refractivity contribution >= 4 is 29.1 Å². The van der Waals surface area contributed by atoms with E-state index >= 15 is 0 Å². The van der Waals surface area contributed by atoms with E-state index in [1.165, 1.54) is 0 Å². The Morgan fingerprint density at radius 2 is 1.50 bits per heavy atom. The Balaban J connectivity index is 1.25. The Hall–Kier alpha value is -4.13. The Labute approximate surface area is 199 Å². The molecule has 0 unspecified atom stereocenters. The van der Waals surface area contributed by atoms with Crippen LogP contribution >= 0.6 is 0 Å². The van der Waals surface area contributed by atoms with Gasteiger partial charge in [-0.25, -0.2) is 0 Å². The molecule has 3 aromatic carbocycles.